The molecule has 0 aromatic carbocycles. The van der Waals surface area contributed by atoms with Gasteiger partial charge in [-0.2, -0.15) is 0 Å². The van der Waals surface area contributed by atoms with Gasteiger partial charge >= 0.3 is 0 Å². The Morgan fingerprint density at radius 1 is 1.50 bits per heavy atom. The number of hydrogen-bond acceptors (Lipinski definition) is 3. The van der Waals surface area contributed by atoms with Crippen molar-refractivity contribution in [2.45, 2.75) is 32.2 Å². The van der Waals surface area contributed by atoms with E-state index in [1.807, 2.05) is 0 Å². The molecule has 2 rings (SSSR count). The maximum absolute atomic E-state index is 4.49. The summed E-state index contributed by atoms with van der Waals surface area (Å²) in [5.74, 6) is 1.19. The summed E-state index contributed by atoms with van der Waals surface area (Å²) in [5, 5.41) is 5.60. The van der Waals surface area contributed by atoms with Crippen LogP contribution in [0.2, 0.25) is 0 Å². The van der Waals surface area contributed by atoms with Crippen molar-refractivity contribution in [2.75, 3.05) is 6.54 Å². The fraction of sp³-hybridized carbons (Fsp3) is 0.545. The molecule has 1 atom stereocenters. The van der Waals surface area contributed by atoms with E-state index in [9.17, 15) is 0 Å². The highest BCUT2D eigenvalue weighted by Gasteiger charge is 2.10. The van der Waals surface area contributed by atoms with E-state index in [1.54, 1.807) is 11.3 Å². The molecule has 0 fully saturated rings. The molecule has 0 unspecified atom stereocenters. The highest BCUT2D eigenvalue weighted by Crippen LogP contribution is 2.19. The Morgan fingerprint density at radius 2 is 2.43 bits per heavy atom. The predicted molar refractivity (Wildman–Crippen MR) is 62.0 cm³/mol. The van der Waals surface area contributed by atoms with Crippen LogP contribution in [0.5, 0.6) is 0 Å². The van der Waals surface area contributed by atoms with Crippen LogP contribution in [-0.2, 0) is 0 Å². The van der Waals surface area contributed by atoms with Crippen LogP contribution in [0.25, 0.3) is 0 Å². The van der Waals surface area contributed by atoms with E-state index in [4.69, 9.17) is 0 Å². The Kier molecular flexibility index (Phi) is 3.19. The lowest BCUT2D eigenvalue weighted by molar-refractivity contribution is 0.663. The first-order chi connectivity index (χ1) is 6.86. The molecule has 1 aliphatic rings. The summed E-state index contributed by atoms with van der Waals surface area (Å²) in [6.07, 6.45) is 3.65. The molecule has 0 amide bonds. The van der Waals surface area contributed by atoms with Gasteiger partial charge in [-0.3, -0.25) is 4.99 Å². The van der Waals surface area contributed by atoms with Gasteiger partial charge in [0.15, 0.2) is 0 Å². The molecule has 1 aromatic rings. The largest absolute Gasteiger partial charge is 0.367 e. The normalized spacial score (nSPS) is 18.8. The quantitative estimate of drug-likeness (QED) is 0.794. The van der Waals surface area contributed by atoms with Gasteiger partial charge in [0.25, 0.3) is 0 Å². The highest BCUT2D eigenvalue weighted by molar-refractivity contribution is 7.10. The number of thiophene rings is 1. The number of rotatable bonds is 2. The minimum atomic E-state index is 0.409. The third kappa shape index (κ3) is 2.35. The average molecular weight is 208 g/mol. The maximum atomic E-state index is 4.49. The molecule has 0 radical (unpaired) electrons. The standard InChI is InChI=1S/C11H16N2S/c1-9(10-5-4-8-14-10)13-11-6-2-3-7-12-11/h4-5,8-9H,2-3,6-7H2,1H3,(H,12,13)/t9-/m0/s1. The zero-order valence-electron chi connectivity index (χ0n) is 8.49. The fourth-order valence-corrected chi connectivity index (χ4v) is 2.41. The maximum Gasteiger partial charge on any atom is 0.0968 e. The molecule has 3 heteroatoms. The van der Waals surface area contributed by atoms with E-state index in [0.717, 1.165) is 13.0 Å². The van der Waals surface area contributed by atoms with Gasteiger partial charge in [-0.05, 0) is 31.2 Å². The second kappa shape index (κ2) is 4.60. The van der Waals surface area contributed by atoms with Crippen LogP contribution in [0, 0.1) is 0 Å². The molecule has 14 heavy (non-hydrogen) atoms. The summed E-state index contributed by atoms with van der Waals surface area (Å²) >= 11 is 1.80. The lowest BCUT2D eigenvalue weighted by Gasteiger charge is -2.18. The predicted octanol–water partition coefficient (Wildman–Crippen LogP) is 2.98. The number of amidine groups is 1. The van der Waals surface area contributed by atoms with Crippen LogP contribution in [0.15, 0.2) is 22.5 Å². The van der Waals surface area contributed by atoms with Crippen molar-refractivity contribution in [3.63, 3.8) is 0 Å². The SMILES string of the molecule is C[C@H](NC1=NCCCC1)c1cccs1. The molecule has 76 valence electrons. The van der Waals surface area contributed by atoms with Gasteiger partial charge in [0.1, 0.15) is 0 Å². The molecule has 0 saturated carbocycles. The zero-order valence-corrected chi connectivity index (χ0v) is 9.31. The van der Waals surface area contributed by atoms with Gasteiger partial charge in [0.05, 0.1) is 11.9 Å². The number of aliphatic imine (C=N–C) groups is 1. The summed E-state index contributed by atoms with van der Waals surface area (Å²) in [4.78, 5) is 5.88. The van der Waals surface area contributed by atoms with Crippen LogP contribution >= 0.6 is 11.3 Å². The Hall–Kier alpha value is -0.830. The Labute approximate surface area is 89.1 Å². The number of hydrogen-bond donors (Lipinski definition) is 1. The topological polar surface area (TPSA) is 24.4 Å². The minimum absolute atomic E-state index is 0.409. The second-order valence-electron chi connectivity index (χ2n) is 3.67. The fourth-order valence-electron chi connectivity index (χ4n) is 1.67. The van der Waals surface area contributed by atoms with Crippen molar-refractivity contribution in [2.24, 2.45) is 4.99 Å². The molecular weight excluding hydrogens is 192 g/mol. The van der Waals surface area contributed by atoms with Gasteiger partial charge in [0, 0.05) is 17.8 Å². The zero-order chi connectivity index (χ0) is 9.80. The van der Waals surface area contributed by atoms with Gasteiger partial charge in [-0.25, -0.2) is 0 Å². The van der Waals surface area contributed by atoms with Gasteiger partial charge in [-0.15, -0.1) is 11.3 Å². The first-order valence-electron chi connectivity index (χ1n) is 5.19. The molecular formula is C11H16N2S. The summed E-state index contributed by atoms with van der Waals surface area (Å²) in [7, 11) is 0. The number of nitrogens with zero attached hydrogens (tertiary/aromatic N) is 1. The average Bonchev–Trinajstić information content (AvgIpc) is 2.72. The molecule has 2 nitrogen and oxygen atoms in total. The molecule has 2 heterocycles. The number of nitrogens with one attached hydrogen (secondary N) is 1. The van der Waals surface area contributed by atoms with Gasteiger partial charge in [-0.1, -0.05) is 6.07 Å². The third-order valence-corrected chi connectivity index (χ3v) is 3.53. The molecule has 0 aliphatic carbocycles. The Balaban J connectivity index is 1.94. The minimum Gasteiger partial charge on any atom is -0.367 e. The van der Waals surface area contributed by atoms with E-state index in [1.165, 1.54) is 23.6 Å². The van der Waals surface area contributed by atoms with Crippen molar-refractivity contribution >= 4 is 17.2 Å². The lowest BCUT2D eigenvalue weighted by atomic mass is 10.1. The third-order valence-electron chi connectivity index (χ3n) is 2.48. The van der Waals surface area contributed by atoms with E-state index in [-0.39, 0.29) is 0 Å². The van der Waals surface area contributed by atoms with Crippen LogP contribution in [0.3, 0.4) is 0 Å². The van der Waals surface area contributed by atoms with Crippen molar-refractivity contribution in [1.82, 2.24) is 5.32 Å². The summed E-state index contributed by atoms with van der Waals surface area (Å²) in [5.41, 5.74) is 0. The van der Waals surface area contributed by atoms with E-state index in [0.29, 0.717) is 6.04 Å². The molecule has 0 spiro atoms. The van der Waals surface area contributed by atoms with Gasteiger partial charge < -0.3 is 5.32 Å². The second-order valence-corrected chi connectivity index (χ2v) is 4.65. The monoisotopic (exact) mass is 208 g/mol. The van der Waals surface area contributed by atoms with Crippen molar-refractivity contribution in [3.8, 4) is 0 Å². The Morgan fingerprint density at radius 3 is 3.07 bits per heavy atom. The summed E-state index contributed by atoms with van der Waals surface area (Å²) in [6, 6.07) is 4.68. The molecule has 0 bridgehead atoms. The van der Waals surface area contributed by atoms with Crippen LogP contribution < -0.4 is 5.32 Å². The Bertz CT molecular complexity index is 303. The van der Waals surface area contributed by atoms with E-state index in [2.05, 4.69) is 34.7 Å². The molecule has 1 aromatic heterocycles. The first-order valence-corrected chi connectivity index (χ1v) is 6.07. The molecule has 0 saturated heterocycles. The van der Waals surface area contributed by atoms with Crippen molar-refractivity contribution in [1.29, 1.82) is 0 Å². The first kappa shape index (κ1) is 9.71. The van der Waals surface area contributed by atoms with Crippen molar-refractivity contribution < 1.29 is 0 Å². The van der Waals surface area contributed by atoms with Crippen LogP contribution in [0.1, 0.15) is 37.1 Å². The smallest absolute Gasteiger partial charge is 0.0968 e. The molecule has 1 aliphatic heterocycles. The lowest BCUT2D eigenvalue weighted by Crippen LogP contribution is -2.28. The summed E-state index contributed by atoms with van der Waals surface area (Å²) in [6.45, 7) is 3.20. The highest BCUT2D eigenvalue weighted by atomic mass is 32.1. The van der Waals surface area contributed by atoms with E-state index >= 15 is 0 Å². The van der Waals surface area contributed by atoms with Crippen LogP contribution in [-0.4, -0.2) is 12.4 Å². The van der Waals surface area contributed by atoms with Crippen molar-refractivity contribution in [3.05, 3.63) is 22.4 Å². The summed E-state index contributed by atoms with van der Waals surface area (Å²) < 4.78 is 0. The van der Waals surface area contributed by atoms with E-state index < -0.39 is 0 Å². The molecule has 1 N–H and O–H groups in total. The van der Waals surface area contributed by atoms with Gasteiger partial charge in [0.2, 0.25) is 0 Å². The van der Waals surface area contributed by atoms with Crippen LogP contribution in [0.4, 0.5) is 0 Å².